The zero-order valence-electron chi connectivity index (χ0n) is 18.7. The molecular formula is C31H19N3S. The average molecular weight is 466 g/mol. The molecule has 0 saturated heterocycles. The van der Waals surface area contributed by atoms with Gasteiger partial charge in [0.1, 0.15) is 5.82 Å². The molecule has 0 aliphatic carbocycles. The van der Waals surface area contributed by atoms with Gasteiger partial charge in [0.25, 0.3) is 0 Å². The Kier molecular flexibility index (Phi) is 3.87. The van der Waals surface area contributed by atoms with Crippen LogP contribution in [0.15, 0.2) is 125 Å². The van der Waals surface area contributed by atoms with E-state index in [0.29, 0.717) is 0 Å². The molecule has 4 heteroatoms. The molecule has 0 bridgehead atoms. The van der Waals surface area contributed by atoms with Crippen molar-refractivity contribution in [1.82, 2.24) is 14.1 Å². The molecule has 0 N–H and O–H groups in total. The van der Waals surface area contributed by atoms with E-state index in [1.807, 2.05) is 11.8 Å². The van der Waals surface area contributed by atoms with Crippen molar-refractivity contribution in [2.24, 2.45) is 0 Å². The van der Waals surface area contributed by atoms with Crippen LogP contribution < -0.4 is 0 Å². The Morgan fingerprint density at radius 3 is 1.91 bits per heavy atom. The first-order valence-corrected chi connectivity index (χ1v) is 12.6. The summed E-state index contributed by atoms with van der Waals surface area (Å²) in [5.41, 5.74) is 8.15. The largest absolute Gasteiger partial charge is 0.308 e. The van der Waals surface area contributed by atoms with Crippen LogP contribution in [0.2, 0.25) is 0 Å². The lowest BCUT2D eigenvalue weighted by Crippen LogP contribution is -2.07. The molecule has 0 radical (unpaired) electrons. The van der Waals surface area contributed by atoms with Gasteiger partial charge >= 0.3 is 0 Å². The lowest BCUT2D eigenvalue weighted by Gasteiger charge is -2.23. The number of imidazole rings is 1. The summed E-state index contributed by atoms with van der Waals surface area (Å²) in [6.07, 6.45) is 0. The third-order valence-electron chi connectivity index (χ3n) is 6.92. The average Bonchev–Trinajstić information content (AvgIpc) is 3.47. The second-order valence-corrected chi connectivity index (χ2v) is 9.91. The topological polar surface area (TPSA) is 22.8 Å². The van der Waals surface area contributed by atoms with E-state index < -0.39 is 0 Å². The van der Waals surface area contributed by atoms with E-state index in [-0.39, 0.29) is 0 Å². The van der Waals surface area contributed by atoms with E-state index >= 15 is 0 Å². The van der Waals surface area contributed by atoms with Crippen LogP contribution in [0.1, 0.15) is 0 Å². The first kappa shape index (κ1) is 19.1. The quantitative estimate of drug-likeness (QED) is 0.256. The molecule has 0 spiro atoms. The fraction of sp³-hybridized carbons (Fsp3) is 0. The molecule has 2 aromatic heterocycles. The number of aromatic nitrogens is 3. The van der Waals surface area contributed by atoms with Crippen molar-refractivity contribution in [2.75, 3.05) is 0 Å². The molecule has 1 aliphatic rings. The lowest BCUT2D eigenvalue weighted by atomic mass is 10.2. The molecule has 0 unspecified atom stereocenters. The summed E-state index contributed by atoms with van der Waals surface area (Å²) in [7, 11) is 0. The molecule has 0 atom stereocenters. The summed E-state index contributed by atoms with van der Waals surface area (Å²) in [4.78, 5) is 7.57. The third-order valence-corrected chi connectivity index (χ3v) is 8.09. The SMILES string of the molecule is c1ccc(-c2nc3cccc4c3n2-c2cccc(-n3c5ccccc5c5ccccc53)c2S4)cc1. The van der Waals surface area contributed by atoms with Gasteiger partial charge in [-0.25, -0.2) is 4.98 Å². The smallest absolute Gasteiger partial charge is 0.145 e. The third kappa shape index (κ3) is 2.60. The van der Waals surface area contributed by atoms with Crippen molar-refractivity contribution in [3.8, 4) is 22.8 Å². The number of rotatable bonds is 2. The van der Waals surface area contributed by atoms with E-state index in [2.05, 4.69) is 124 Å². The van der Waals surface area contributed by atoms with E-state index in [1.165, 1.54) is 48.5 Å². The molecule has 0 amide bonds. The van der Waals surface area contributed by atoms with Crippen molar-refractivity contribution in [2.45, 2.75) is 9.79 Å². The Morgan fingerprint density at radius 1 is 0.543 bits per heavy atom. The molecule has 0 fully saturated rings. The van der Waals surface area contributed by atoms with Crippen LogP contribution in [0.25, 0.3) is 55.6 Å². The Balaban J connectivity index is 1.49. The highest BCUT2D eigenvalue weighted by Crippen LogP contribution is 2.48. The van der Waals surface area contributed by atoms with Crippen LogP contribution in [0.3, 0.4) is 0 Å². The Morgan fingerprint density at radius 2 is 1.17 bits per heavy atom. The molecule has 164 valence electrons. The van der Waals surface area contributed by atoms with Gasteiger partial charge in [0.2, 0.25) is 0 Å². The van der Waals surface area contributed by atoms with Gasteiger partial charge in [0.15, 0.2) is 0 Å². The Bertz CT molecular complexity index is 1880. The summed E-state index contributed by atoms with van der Waals surface area (Å²) in [5, 5.41) is 2.55. The fourth-order valence-corrected chi connectivity index (χ4v) is 6.64. The molecule has 0 saturated carbocycles. The van der Waals surface area contributed by atoms with E-state index in [0.717, 1.165) is 16.9 Å². The van der Waals surface area contributed by atoms with Gasteiger partial charge in [0.05, 0.1) is 38.3 Å². The van der Waals surface area contributed by atoms with Gasteiger partial charge in [-0.1, -0.05) is 90.6 Å². The highest BCUT2D eigenvalue weighted by Gasteiger charge is 2.27. The summed E-state index contributed by atoms with van der Waals surface area (Å²) in [5.74, 6) is 0.981. The number of benzene rings is 5. The van der Waals surface area contributed by atoms with Crippen molar-refractivity contribution >= 4 is 44.6 Å². The summed E-state index contributed by atoms with van der Waals surface area (Å²) in [6, 6.07) is 41.0. The highest BCUT2D eigenvalue weighted by molar-refractivity contribution is 7.99. The summed E-state index contributed by atoms with van der Waals surface area (Å²) < 4.78 is 4.77. The highest BCUT2D eigenvalue weighted by atomic mass is 32.2. The summed E-state index contributed by atoms with van der Waals surface area (Å²) >= 11 is 1.84. The van der Waals surface area contributed by atoms with Gasteiger partial charge in [-0.3, -0.25) is 4.57 Å². The number of hydrogen-bond acceptors (Lipinski definition) is 2. The monoisotopic (exact) mass is 465 g/mol. The van der Waals surface area contributed by atoms with E-state index in [9.17, 15) is 0 Å². The standard InChI is InChI=1S/C31H19N3S/c1-2-10-20(11-3-1)31-32-23-14-8-19-28-29(23)34(31)27-18-9-17-26(30(27)35-28)33-24-15-6-4-12-21(24)22-13-5-7-16-25(22)33/h1-19H. The molecule has 5 aromatic carbocycles. The van der Waals surface area contributed by atoms with Crippen molar-refractivity contribution in [1.29, 1.82) is 0 Å². The van der Waals surface area contributed by atoms with Crippen LogP contribution in [-0.4, -0.2) is 14.1 Å². The predicted molar refractivity (Wildman–Crippen MR) is 145 cm³/mol. The first-order chi connectivity index (χ1) is 17.4. The number of para-hydroxylation sites is 3. The molecule has 1 aliphatic heterocycles. The molecule has 35 heavy (non-hydrogen) atoms. The fourth-order valence-electron chi connectivity index (χ4n) is 5.46. The zero-order valence-corrected chi connectivity index (χ0v) is 19.5. The minimum absolute atomic E-state index is 0.981. The van der Waals surface area contributed by atoms with Crippen LogP contribution in [0, 0.1) is 0 Å². The second-order valence-electron chi connectivity index (χ2n) is 8.86. The molecule has 3 nitrogen and oxygen atoms in total. The van der Waals surface area contributed by atoms with Gasteiger partial charge in [-0.15, -0.1) is 0 Å². The number of fused-ring (bicyclic) bond motifs is 5. The van der Waals surface area contributed by atoms with Crippen molar-refractivity contribution in [3.05, 3.63) is 115 Å². The molecule has 3 heterocycles. The number of nitrogens with zero attached hydrogens (tertiary/aromatic N) is 3. The van der Waals surface area contributed by atoms with Gasteiger partial charge in [-0.2, -0.15) is 0 Å². The van der Waals surface area contributed by atoms with Crippen LogP contribution in [0.5, 0.6) is 0 Å². The molecule has 7 aromatic rings. The van der Waals surface area contributed by atoms with Gasteiger partial charge in [0, 0.05) is 21.2 Å². The summed E-state index contributed by atoms with van der Waals surface area (Å²) in [6.45, 7) is 0. The lowest BCUT2D eigenvalue weighted by molar-refractivity contribution is 1.01. The Labute approximate surface area is 206 Å². The van der Waals surface area contributed by atoms with Crippen LogP contribution >= 0.6 is 11.8 Å². The van der Waals surface area contributed by atoms with Crippen molar-refractivity contribution < 1.29 is 0 Å². The molecular weight excluding hydrogens is 446 g/mol. The van der Waals surface area contributed by atoms with E-state index in [4.69, 9.17) is 4.98 Å². The van der Waals surface area contributed by atoms with E-state index in [1.54, 1.807) is 0 Å². The minimum Gasteiger partial charge on any atom is -0.308 e. The normalized spacial score (nSPS) is 12.5. The van der Waals surface area contributed by atoms with Gasteiger partial charge in [-0.05, 0) is 36.4 Å². The maximum absolute atomic E-state index is 5.09. The first-order valence-electron chi connectivity index (χ1n) is 11.8. The van der Waals surface area contributed by atoms with Crippen LogP contribution in [0.4, 0.5) is 0 Å². The van der Waals surface area contributed by atoms with Gasteiger partial charge < -0.3 is 4.57 Å². The maximum atomic E-state index is 5.09. The maximum Gasteiger partial charge on any atom is 0.145 e. The second kappa shape index (κ2) is 7.11. The Hall–Kier alpha value is -4.28. The zero-order chi connectivity index (χ0) is 22.9. The predicted octanol–water partition coefficient (Wildman–Crippen LogP) is 8.25. The van der Waals surface area contributed by atoms with Crippen molar-refractivity contribution in [3.63, 3.8) is 0 Å². The molecule has 8 rings (SSSR count). The number of hydrogen-bond donors (Lipinski definition) is 0. The minimum atomic E-state index is 0.981. The van der Waals surface area contributed by atoms with Crippen LogP contribution in [-0.2, 0) is 0 Å².